The molecule has 1 aliphatic carbocycles. The SMILES string of the molecule is NCC1(c2nc3cc(Br)ccc3s2)CCCCC1. The third-order valence-electron chi connectivity index (χ3n) is 4.00. The Labute approximate surface area is 120 Å². The van der Waals surface area contributed by atoms with Crippen molar-refractivity contribution in [1.29, 1.82) is 0 Å². The molecule has 0 bridgehead atoms. The van der Waals surface area contributed by atoms with Crippen LogP contribution in [0.5, 0.6) is 0 Å². The molecule has 0 radical (unpaired) electrons. The van der Waals surface area contributed by atoms with Gasteiger partial charge in [0.2, 0.25) is 0 Å². The number of rotatable bonds is 2. The summed E-state index contributed by atoms with van der Waals surface area (Å²) < 4.78 is 2.36. The van der Waals surface area contributed by atoms with E-state index >= 15 is 0 Å². The van der Waals surface area contributed by atoms with Crippen molar-refractivity contribution in [3.05, 3.63) is 27.7 Å². The van der Waals surface area contributed by atoms with Gasteiger partial charge < -0.3 is 5.73 Å². The number of aromatic nitrogens is 1. The maximum absolute atomic E-state index is 6.08. The second kappa shape index (κ2) is 4.91. The zero-order valence-corrected chi connectivity index (χ0v) is 12.7. The summed E-state index contributed by atoms with van der Waals surface area (Å²) >= 11 is 5.33. The van der Waals surface area contributed by atoms with Crippen molar-refractivity contribution in [2.45, 2.75) is 37.5 Å². The standard InChI is InChI=1S/C14H17BrN2S/c15-10-4-5-12-11(8-10)17-13(18-12)14(9-16)6-2-1-3-7-14/h4-5,8H,1-3,6-7,9,16H2. The third-order valence-corrected chi connectivity index (χ3v) is 5.78. The molecule has 2 N–H and O–H groups in total. The van der Waals surface area contributed by atoms with Crippen LogP contribution >= 0.6 is 27.3 Å². The Balaban J connectivity index is 2.06. The van der Waals surface area contributed by atoms with E-state index < -0.39 is 0 Å². The van der Waals surface area contributed by atoms with E-state index in [4.69, 9.17) is 10.7 Å². The molecule has 0 spiro atoms. The van der Waals surface area contributed by atoms with Gasteiger partial charge in [-0.3, -0.25) is 0 Å². The summed E-state index contributed by atoms with van der Waals surface area (Å²) in [5.41, 5.74) is 7.33. The molecule has 0 unspecified atom stereocenters. The largest absolute Gasteiger partial charge is 0.329 e. The highest BCUT2D eigenvalue weighted by atomic mass is 79.9. The fraction of sp³-hybridized carbons (Fsp3) is 0.500. The van der Waals surface area contributed by atoms with Crippen molar-refractivity contribution >= 4 is 37.5 Å². The number of halogens is 1. The van der Waals surface area contributed by atoms with Crippen molar-refractivity contribution in [1.82, 2.24) is 4.98 Å². The number of nitrogens with zero attached hydrogens (tertiary/aromatic N) is 1. The maximum atomic E-state index is 6.08. The molecule has 0 atom stereocenters. The quantitative estimate of drug-likeness (QED) is 0.898. The number of hydrogen-bond acceptors (Lipinski definition) is 3. The van der Waals surface area contributed by atoms with Crippen LogP contribution in [-0.2, 0) is 5.41 Å². The van der Waals surface area contributed by atoms with Crippen LogP contribution < -0.4 is 5.73 Å². The van der Waals surface area contributed by atoms with Crippen molar-refractivity contribution < 1.29 is 0 Å². The summed E-state index contributed by atoms with van der Waals surface area (Å²) in [6, 6.07) is 6.33. The minimum atomic E-state index is 0.147. The summed E-state index contributed by atoms with van der Waals surface area (Å²) in [6.07, 6.45) is 6.32. The molecule has 0 aliphatic heterocycles. The van der Waals surface area contributed by atoms with Crippen LogP contribution in [0, 0.1) is 0 Å². The summed E-state index contributed by atoms with van der Waals surface area (Å²) in [5.74, 6) is 0. The lowest BCUT2D eigenvalue weighted by atomic mass is 9.74. The van der Waals surface area contributed by atoms with Gasteiger partial charge >= 0.3 is 0 Å². The Hall–Kier alpha value is -0.450. The highest BCUT2D eigenvalue weighted by molar-refractivity contribution is 9.10. The Morgan fingerprint density at radius 2 is 2.06 bits per heavy atom. The Morgan fingerprint density at radius 1 is 1.28 bits per heavy atom. The van der Waals surface area contributed by atoms with Gasteiger partial charge in [0, 0.05) is 16.4 Å². The molecule has 0 saturated heterocycles. The number of nitrogens with two attached hydrogens (primary N) is 1. The lowest BCUT2D eigenvalue weighted by Gasteiger charge is -2.34. The highest BCUT2D eigenvalue weighted by Crippen LogP contribution is 2.42. The summed E-state index contributed by atoms with van der Waals surface area (Å²) in [5, 5.41) is 1.25. The smallest absolute Gasteiger partial charge is 0.101 e. The number of hydrogen-bond donors (Lipinski definition) is 1. The molecule has 1 saturated carbocycles. The maximum Gasteiger partial charge on any atom is 0.101 e. The van der Waals surface area contributed by atoms with Crippen LogP contribution in [0.15, 0.2) is 22.7 Å². The molecule has 0 amide bonds. The van der Waals surface area contributed by atoms with Crippen LogP contribution in [0.2, 0.25) is 0 Å². The highest BCUT2D eigenvalue weighted by Gasteiger charge is 2.35. The Bertz CT molecular complexity index is 558. The molecule has 96 valence electrons. The lowest BCUT2D eigenvalue weighted by Crippen LogP contribution is -2.36. The molecule has 1 aliphatic rings. The third kappa shape index (κ3) is 2.10. The molecule has 2 aromatic rings. The number of benzene rings is 1. The van der Waals surface area contributed by atoms with Crippen LogP contribution in [0.4, 0.5) is 0 Å². The fourth-order valence-electron chi connectivity index (χ4n) is 2.86. The first-order valence-corrected chi connectivity index (χ1v) is 8.11. The van der Waals surface area contributed by atoms with Gasteiger partial charge in [-0.25, -0.2) is 4.98 Å². The Morgan fingerprint density at radius 3 is 2.78 bits per heavy atom. The average molecular weight is 325 g/mol. The molecule has 1 aromatic heterocycles. The minimum absolute atomic E-state index is 0.147. The summed E-state index contributed by atoms with van der Waals surface area (Å²) in [7, 11) is 0. The Kier molecular flexibility index (Phi) is 3.43. The molecule has 4 heteroatoms. The zero-order valence-electron chi connectivity index (χ0n) is 10.3. The second-order valence-electron chi connectivity index (χ2n) is 5.18. The van der Waals surface area contributed by atoms with Gasteiger partial charge in [-0.15, -0.1) is 11.3 Å². The van der Waals surface area contributed by atoms with Crippen LogP contribution in [0.3, 0.4) is 0 Å². The number of fused-ring (bicyclic) bond motifs is 1. The van der Waals surface area contributed by atoms with E-state index in [0.29, 0.717) is 0 Å². The zero-order chi connectivity index (χ0) is 12.6. The van der Waals surface area contributed by atoms with E-state index in [1.165, 1.54) is 41.8 Å². The van der Waals surface area contributed by atoms with Gasteiger partial charge in [0.15, 0.2) is 0 Å². The van der Waals surface area contributed by atoms with E-state index in [-0.39, 0.29) is 5.41 Å². The average Bonchev–Trinajstić information content (AvgIpc) is 2.83. The van der Waals surface area contributed by atoms with Gasteiger partial charge in [-0.1, -0.05) is 35.2 Å². The monoisotopic (exact) mass is 324 g/mol. The summed E-state index contributed by atoms with van der Waals surface area (Å²) in [4.78, 5) is 4.85. The van der Waals surface area contributed by atoms with E-state index in [2.05, 4.69) is 34.1 Å². The normalized spacial score (nSPS) is 19.2. The topological polar surface area (TPSA) is 38.9 Å². The summed E-state index contributed by atoms with van der Waals surface area (Å²) in [6.45, 7) is 0.730. The minimum Gasteiger partial charge on any atom is -0.329 e. The first kappa shape index (κ1) is 12.6. The van der Waals surface area contributed by atoms with Gasteiger partial charge in [0.25, 0.3) is 0 Å². The first-order valence-electron chi connectivity index (χ1n) is 6.50. The van der Waals surface area contributed by atoms with E-state index in [1.807, 2.05) is 11.3 Å². The van der Waals surface area contributed by atoms with Gasteiger partial charge in [0.1, 0.15) is 5.01 Å². The van der Waals surface area contributed by atoms with Crippen molar-refractivity contribution in [3.8, 4) is 0 Å². The van der Waals surface area contributed by atoms with Gasteiger partial charge in [-0.05, 0) is 31.0 Å². The number of thiazole rings is 1. The van der Waals surface area contributed by atoms with Gasteiger partial charge in [-0.2, -0.15) is 0 Å². The molecular weight excluding hydrogens is 308 g/mol. The molecule has 1 heterocycles. The molecule has 3 rings (SSSR count). The molecule has 18 heavy (non-hydrogen) atoms. The predicted octanol–water partition coefficient (Wildman–Crippen LogP) is 4.22. The van der Waals surface area contributed by atoms with Crippen LogP contribution in [0.25, 0.3) is 10.2 Å². The van der Waals surface area contributed by atoms with Crippen LogP contribution in [-0.4, -0.2) is 11.5 Å². The van der Waals surface area contributed by atoms with Crippen LogP contribution in [0.1, 0.15) is 37.1 Å². The lowest BCUT2D eigenvalue weighted by molar-refractivity contribution is 0.300. The van der Waals surface area contributed by atoms with E-state index in [1.54, 1.807) is 0 Å². The van der Waals surface area contributed by atoms with Crippen molar-refractivity contribution in [2.24, 2.45) is 5.73 Å². The van der Waals surface area contributed by atoms with E-state index in [9.17, 15) is 0 Å². The fourth-order valence-corrected chi connectivity index (χ4v) is 4.41. The van der Waals surface area contributed by atoms with Gasteiger partial charge in [0.05, 0.1) is 10.2 Å². The molecular formula is C14H17BrN2S. The van der Waals surface area contributed by atoms with E-state index in [0.717, 1.165) is 16.5 Å². The second-order valence-corrected chi connectivity index (χ2v) is 7.12. The molecule has 1 fully saturated rings. The van der Waals surface area contributed by atoms with Crippen molar-refractivity contribution in [2.75, 3.05) is 6.54 Å². The molecule has 2 nitrogen and oxygen atoms in total. The predicted molar refractivity (Wildman–Crippen MR) is 81.1 cm³/mol. The van der Waals surface area contributed by atoms with Crippen molar-refractivity contribution in [3.63, 3.8) is 0 Å². The first-order chi connectivity index (χ1) is 8.73. The molecule has 1 aromatic carbocycles.